The van der Waals surface area contributed by atoms with Gasteiger partial charge in [-0.25, -0.2) is 4.99 Å². The lowest BCUT2D eigenvalue weighted by atomic mass is 10.1. The number of benzene rings is 1. The van der Waals surface area contributed by atoms with Gasteiger partial charge in [0, 0.05) is 37.8 Å². The summed E-state index contributed by atoms with van der Waals surface area (Å²) in [7, 11) is 0. The molecule has 1 aromatic carbocycles. The summed E-state index contributed by atoms with van der Waals surface area (Å²) in [5, 5.41) is 6.70. The first kappa shape index (κ1) is 20.9. The first-order valence-electron chi connectivity index (χ1n) is 10.7. The summed E-state index contributed by atoms with van der Waals surface area (Å²) >= 11 is 0. The van der Waals surface area contributed by atoms with Crippen LogP contribution in [0.3, 0.4) is 0 Å². The number of ether oxygens (including phenoxy) is 3. The van der Waals surface area contributed by atoms with E-state index in [9.17, 15) is 0 Å². The van der Waals surface area contributed by atoms with Crippen molar-refractivity contribution in [3.8, 4) is 5.75 Å². The quantitative estimate of drug-likeness (QED) is 0.327. The number of para-hydroxylation sites is 1. The molecular formula is C22H35N3O3. The zero-order valence-corrected chi connectivity index (χ0v) is 17.1. The molecule has 0 radical (unpaired) electrons. The van der Waals surface area contributed by atoms with Gasteiger partial charge in [-0.1, -0.05) is 18.2 Å². The Labute approximate surface area is 169 Å². The van der Waals surface area contributed by atoms with Crippen LogP contribution in [0.25, 0.3) is 0 Å². The number of hydrogen-bond acceptors (Lipinski definition) is 4. The lowest BCUT2D eigenvalue weighted by molar-refractivity contribution is 0.0888. The lowest BCUT2D eigenvalue weighted by Crippen LogP contribution is -2.38. The molecule has 0 spiro atoms. The van der Waals surface area contributed by atoms with E-state index < -0.39 is 0 Å². The maximum Gasteiger partial charge on any atom is 0.191 e. The molecule has 2 fully saturated rings. The predicted molar refractivity (Wildman–Crippen MR) is 112 cm³/mol. The van der Waals surface area contributed by atoms with Gasteiger partial charge in [0.15, 0.2) is 5.96 Å². The minimum Gasteiger partial charge on any atom is -0.493 e. The molecule has 0 amide bonds. The lowest BCUT2D eigenvalue weighted by Gasteiger charge is -2.13. The van der Waals surface area contributed by atoms with Crippen LogP contribution in [0.4, 0.5) is 0 Å². The number of rotatable bonds is 12. The Morgan fingerprint density at radius 3 is 2.82 bits per heavy atom. The SMILES string of the molecule is CCNC(=NCc1ccccc1OCC1CC1)NCCCOCC1CCOC1. The fourth-order valence-electron chi connectivity index (χ4n) is 3.12. The van der Waals surface area contributed by atoms with Gasteiger partial charge in [-0.3, -0.25) is 0 Å². The van der Waals surface area contributed by atoms with Gasteiger partial charge in [-0.15, -0.1) is 0 Å². The third-order valence-electron chi connectivity index (χ3n) is 5.03. The molecule has 3 rings (SSSR count). The van der Waals surface area contributed by atoms with Crippen LogP contribution in [0.5, 0.6) is 5.75 Å². The number of nitrogens with zero attached hydrogens (tertiary/aromatic N) is 1. The van der Waals surface area contributed by atoms with Crippen LogP contribution in [-0.4, -0.2) is 52.1 Å². The van der Waals surface area contributed by atoms with Crippen molar-refractivity contribution in [3.63, 3.8) is 0 Å². The second-order valence-electron chi connectivity index (χ2n) is 7.64. The highest BCUT2D eigenvalue weighted by Gasteiger charge is 2.22. The molecule has 156 valence electrons. The topological polar surface area (TPSA) is 64.1 Å². The summed E-state index contributed by atoms with van der Waals surface area (Å²) in [5.74, 6) is 3.12. The highest BCUT2D eigenvalue weighted by molar-refractivity contribution is 5.79. The van der Waals surface area contributed by atoms with Crippen molar-refractivity contribution in [3.05, 3.63) is 29.8 Å². The Morgan fingerprint density at radius 2 is 2.04 bits per heavy atom. The molecule has 0 bridgehead atoms. The van der Waals surface area contributed by atoms with E-state index in [0.29, 0.717) is 12.5 Å². The van der Waals surface area contributed by atoms with Gasteiger partial charge in [-0.05, 0) is 44.6 Å². The van der Waals surface area contributed by atoms with Gasteiger partial charge in [0.25, 0.3) is 0 Å². The van der Waals surface area contributed by atoms with Gasteiger partial charge >= 0.3 is 0 Å². The highest BCUT2D eigenvalue weighted by atomic mass is 16.5. The molecule has 1 saturated heterocycles. The van der Waals surface area contributed by atoms with Crippen molar-refractivity contribution >= 4 is 5.96 Å². The zero-order valence-electron chi connectivity index (χ0n) is 17.1. The maximum absolute atomic E-state index is 5.99. The number of nitrogens with one attached hydrogen (secondary N) is 2. The average molecular weight is 390 g/mol. The summed E-state index contributed by atoms with van der Waals surface area (Å²) in [6.45, 7) is 8.49. The summed E-state index contributed by atoms with van der Waals surface area (Å²) in [6, 6.07) is 8.20. The van der Waals surface area contributed by atoms with Gasteiger partial charge in [-0.2, -0.15) is 0 Å². The molecule has 1 unspecified atom stereocenters. The monoisotopic (exact) mass is 389 g/mol. The summed E-state index contributed by atoms with van der Waals surface area (Å²) in [5.41, 5.74) is 1.13. The Bertz CT molecular complexity index is 598. The Hall–Kier alpha value is -1.79. The second kappa shape index (κ2) is 11.9. The summed E-state index contributed by atoms with van der Waals surface area (Å²) in [4.78, 5) is 4.72. The molecule has 2 N–H and O–H groups in total. The largest absolute Gasteiger partial charge is 0.493 e. The van der Waals surface area contributed by atoms with E-state index >= 15 is 0 Å². The van der Waals surface area contributed by atoms with Crippen molar-refractivity contribution in [2.75, 3.05) is 46.1 Å². The van der Waals surface area contributed by atoms with Gasteiger partial charge in [0.2, 0.25) is 0 Å². The number of aliphatic imine (C=N–C) groups is 1. The average Bonchev–Trinajstić information content (AvgIpc) is 3.40. The fraction of sp³-hybridized carbons (Fsp3) is 0.682. The van der Waals surface area contributed by atoms with E-state index in [1.807, 2.05) is 18.2 Å². The third kappa shape index (κ3) is 7.68. The zero-order chi connectivity index (χ0) is 19.4. The molecule has 6 nitrogen and oxygen atoms in total. The minimum atomic E-state index is 0.578. The number of guanidine groups is 1. The Balaban J connectivity index is 1.38. The van der Waals surface area contributed by atoms with Crippen LogP contribution in [0.2, 0.25) is 0 Å². The van der Waals surface area contributed by atoms with Crippen LogP contribution in [0.1, 0.15) is 38.2 Å². The Kier molecular flexibility index (Phi) is 8.91. The summed E-state index contributed by atoms with van der Waals surface area (Å²) in [6.07, 6.45) is 4.68. The molecule has 1 aromatic rings. The molecule has 1 heterocycles. The van der Waals surface area contributed by atoms with E-state index in [-0.39, 0.29) is 0 Å². The highest BCUT2D eigenvalue weighted by Crippen LogP contribution is 2.30. The first-order valence-corrected chi connectivity index (χ1v) is 10.7. The minimum absolute atomic E-state index is 0.578. The number of hydrogen-bond donors (Lipinski definition) is 2. The van der Waals surface area contributed by atoms with Crippen molar-refractivity contribution in [2.24, 2.45) is 16.8 Å². The van der Waals surface area contributed by atoms with E-state index in [0.717, 1.165) is 82.2 Å². The van der Waals surface area contributed by atoms with Crippen LogP contribution < -0.4 is 15.4 Å². The van der Waals surface area contributed by atoms with Crippen LogP contribution in [0, 0.1) is 11.8 Å². The summed E-state index contributed by atoms with van der Waals surface area (Å²) < 4.78 is 17.1. The predicted octanol–water partition coefficient (Wildman–Crippen LogP) is 2.97. The van der Waals surface area contributed by atoms with Crippen molar-refractivity contribution in [1.82, 2.24) is 10.6 Å². The van der Waals surface area contributed by atoms with Crippen LogP contribution in [0.15, 0.2) is 29.3 Å². The van der Waals surface area contributed by atoms with Crippen molar-refractivity contribution in [1.29, 1.82) is 0 Å². The van der Waals surface area contributed by atoms with E-state index in [2.05, 4.69) is 23.6 Å². The van der Waals surface area contributed by atoms with E-state index in [4.69, 9.17) is 19.2 Å². The molecule has 28 heavy (non-hydrogen) atoms. The van der Waals surface area contributed by atoms with Gasteiger partial charge < -0.3 is 24.8 Å². The maximum atomic E-state index is 5.99. The molecule has 1 atom stereocenters. The molecule has 1 saturated carbocycles. The van der Waals surface area contributed by atoms with Gasteiger partial charge in [0.05, 0.1) is 26.4 Å². The normalized spacial score (nSPS) is 19.6. The smallest absolute Gasteiger partial charge is 0.191 e. The Morgan fingerprint density at radius 1 is 1.14 bits per heavy atom. The first-order chi connectivity index (χ1) is 13.8. The second-order valence-corrected chi connectivity index (χ2v) is 7.64. The van der Waals surface area contributed by atoms with Crippen molar-refractivity contribution < 1.29 is 14.2 Å². The van der Waals surface area contributed by atoms with Crippen LogP contribution >= 0.6 is 0 Å². The van der Waals surface area contributed by atoms with Gasteiger partial charge in [0.1, 0.15) is 5.75 Å². The molecule has 1 aliphatic heterocycles. The van der Waals surface area contributed by atoms with E-state index in [1.165, 1.54) is 12.8 Å². The fourth-order valence-corrected chi connectivity index (χ4v) is 3.12. The van der Waals surface area contributed by atoms with Crippen molar-refractivity contribution in [2.45, 2.75) is 39.2 Å². The standard InChI is InChI=1S/C22H35N3O3/c1-2-23-22(24-11-5-12-26-15-19-10-13-27-16-19)25-14-20-6-3-4-7-21(20)28-17-18-8-9-18/h3-4,6-7,18-19H,2,5,8-17H2,1H3,(H2,23,24,25). The van der Waals surface area contributed by atoms with E-state index in [1.54, 1.807) is 0 Å². The molecule has 2 aliphatic rings. The third-order valence-corrected chi connectivity index (χ3v) is 5.03. The molecule has 6 heteroatoms. The molecule has 0 aromatic heterocycles. The molecule has 1 aliphatic carbocycles. The molecular weight excluding hydrogens is 354 g/mol. The van der Waals surface area contributed by atoms with Crippen LogP contribution in [-0.2, 0) is 16.0 Å².